The second-order valence-corrected chi connectivity index (χ2v) is 10.0. The molecule has 0 aliphatic carbocycles. The Kier molecular flexibility index (Phi) is 6.88. The predicted octanol–water partition coefficient (Wildman–Crippen LogP) is 1.83. The zero-order chi connectivity index (χ0) is 20.2. The van der Waals surface area contributed by atoms with Gasteiger partial charge in [0.15, 0.2) is 0 Å². The van der Waals surface area contributed by atoms with E-state index in [0.29, 0.717) is 0 Å². The molecule has 1 aliphatic rings. The molecule has 27 heavy (non-hydrogen) atoms. The number of benzene rings is 1. The maximum Gasteiger partial charge on any atom is 0.225 e. The van der Waals surface area contributed by atoms with Crippen molar-refractivity contribution in [2.75, 3.05) is 56.2 Å². The largest absolute Gasteiger partial charge is 0.369 e. The number of nitrogens with one attached hydrogen (secondary N) is 1. The Morgan fingerprint density at radius 2 is 1.67 bits per heavy atom. The van der Waals surface area contributed by atoms with E-state index in [1.54, 1.807) is 0 Å². The minimum Gasteiger partial charge on any atom is -0.369 e. The number of rotatable bonds is 6. The summed E-state index contributed by atoms with van der Waals surface area (Å²) in [6.45, 7) is 9.71. The van der Waals surface area contributed by atoms with Crippen molar-refractivity contribution in [2.24, 2.45) is 0 Å². The summed E-state index contributed by atoms with van der Waals surface area (Å²) in [6.07, 6.45) is 1.29. The number of carbonyl (C=O) groups excluding carboxylic acids is 1. The van der Waals surface area contributed by atoms with Gasteiger partial charge in [-0.05, 0) is 52.1 Å². The van der Waals surface area contributed by atoms with Gasteiger partial charge in [0.2, 0.25) is 15.9 Å². The highest BCUT2D eigenvalue weighted by molar-refractivity contribution is 7.88. The molecule has 7 nitrogen and oxygen atoms in total. The second kappa shape index (κ2) is 8.58. The number of sulfonamides is 1. The van der Waals surface area contributed by atoms with E-state index in [1.165, 1.54) is 10.6 Å². The third-order valence-corrected chi connectivity index (χ3v) is 6.24. The Hall–Kier alpha value is -1.64. The van der Waals surface area contributed by atoms with Gasteiger partial charge < -0.3 is 15.1 Å². The summed E-state index contributed by atoms with van der Waals surface area (Å²) in [7, 11) is -1.24. The number of anilines is 2. The fourth-order valence-electron chi connectivity index (χ4n) is 3.25. The molecule has 1 amide bonds. The second-order valence-electron chi connectivity index (χ2n) is 8.14. The highest BCUT2D eigenvalue weighted by Gasteiger charge is 2.29. The minimum absolute atomic E-state index is 0.116. The van der Waals surface area contributed by atoms with Gasteiger partial charge in [-0.15, -0.1) is 0 Å². The molecule has 1 aromatic rings. The highest BCUT2D eigenvalue weighted by atomic mass is 32.2. The van der Waals surface area contributed by atoms with Gasteiger partial charge in [-0.25, -0.2) is 8.42 Å². The standard InChI is InChI=1S/C19H32N4O3S/c1-19(2,3)23(27(5,25)26)11-10-18(24)20-16-6-8-17(9-7-16)22-14-12-21(4)13-15-22/h6-9H,10-15H2,1-5H3,(H,20,24). The summed E-state index contributed by atoms with van der Waals surface area (Å²) in [5, 5.41) is 2.85. The zero-order valence-corrected chi connectivity index (χ0v) is 17.8. The molecule has 8 heteroatoms. The van der Waals surface area contributed by atoms with E-state index in [4.69, 9.17) is 0 Å². The van der Waals surface area contributed by atoms with E-state index in [-0.39, 0.29) is 18.9 Å². The summed E-state index contributed by atoms with van der Waals surface area (Å²) in [5.74, 6) is -0.194. The lowest BCUT2D eigenvalue weighted by Crippen LogP contribution is -2.46. The van der Waals surface area contributed by atoms with Crippen LogP contribution in [-0.4, -0.2) is 75.1 Å². The number of hydrogen-bond donors (Lipinski definition) is 1. The van der Waals surface area contributed by atoms with E-state index in [2.05, 4.69) is 22.2 Å². The molecular weight excluding hydrogens is 364 g/mol. The maximum atomic E-state index is 12.2. The van der Waals surface area contributed by atoms with Crippen LogP contribution < -0.4 is 10.2 Å². The molecule has 0 unspecified atom stereocenters. The first kappa shape index (κ1) is 21.7. The highest BCUT2D eigenvalue weighted by Crippen LogP contribution is 2.20. The van der Waals surface area contributed by atoms with E-state index in [0.717, 1.165) is 37.6 Å². The molecule has 0 saturated carbocycles. The predicted molar refractivity (Wildman–Crippen MR) is 111 cm³/mol. The van der Waals surface area contributed by atoms with Crippen molar-refractivity contribution in [2.45, 2.75) is 32.7 Å². The fraction of sp³-hybridized carbons (Fsp3) is 0.632. The molecule has 0 atom stereocenters. The van der Waals surface area contributed by atoms with Crippen LogP contribution in [0, 0.1) is 0 Å². The number of carbonyl (C=O) groups is 1. The van der Waals surface area contributed by atoms with Crippen molar-refractivity contribution in [1.29, 1.82) is 0 Å². The van der Waals surface area contributed by atoms with E-state index in [1.807, 2.05) is 45.0 Å². The van der Waals surface area contributed by atoms with Crippen LogP contribution in [0.25, 0.3) is 0 Å². The van der Waals surface area contributed by atoms with E-state index < -0.39 is 15.6 Å². The average molecular weight is 397 g/mol. The van der Waals surface area contributed by atoms with Gasteiger partial charge in [-0.2, -0.15) is 4.31 Å². The van der Waals surface area contributed by atoms with Gasteiger partial charge in [0.05, 0.1) is 6.26 Å². The third kappa shape index (κ3) is 6.48. The van der Waals surface area contributed by atoms with Crippen LogP contribution in [0.5, 0.6) is 0 Å². The molecule has 1 fully saturated rings. The van der Waals surface area contributed by atoms with Gasteiger partial charge in [0.25, 0.3) is 0 Å². The molecule has 1 N–H and O–H groups in total. The normalized spacial score (nSPS) is 16.6. The Morgan fingerprint density at radius 3 is 2.15 bits per heavy atom. The van der Waals surface area contributed by atoms with Crippen molar-refractivity contribution in [3.63, 3.8) is 0 Å². The lowest BCUT2D eigenvalue weighted by molar-refractivity contribution is -0.116. The molecule has 2 rings (SSSR count). The third-order valence-electron chi connectivity index (χ3n) is 4.71. The number of nitrogens with zero attached hydrogens (tertiary/aromatic N) is 3. The monoisotopic (exact) mass is 396 g/mol. The number of amides is 1. The summed E-state index contributed by atoms with van der Waals surface area (Å²) in [5.41, 5.74) is 1.31. The lowest BCUT2D eigenvalue weighted by atomic mass is 10.1. The lowest BCUT2D eigenvalue weighted by Gasteiger charge is -2.34. The molecule has 1 aliphatic heterocycles. The van der Waals surface area contributed by atoms with Crippen LogP contribution in [0.15, 0.2) is 24.3 Å². The summed E-state index contributed by atoms with van der Waals surface area (Å²) < 4.78 is 25.2. The topological polar surface area (TPSA) is 73.0 Å². The van der Waals surface area contributed by atoms with Crippen LogP contribution >= 0.6 is 0 Å². The first-order valence-corrected chi connectivity index (χ1v) is 11.1. The van der Waals surface area contributed by atoms with Gasteiger partial charge in [0, 0.05) is 56.1 Å². The molecule has 152 valence electrons. The molecule has 0 spiro atoms. The van der Waals surface area contributed by atoms with Crippen LogP contribution in [0.4, 0.5) is 11.4 Å². The van der Waals surface area contributed by atoms with Crippen LogP contribution in [0.2, 0.25) is 0 Å². The van der Waals surface area contributed by atoms with Gasteiger partial charge >= 0.3 is 0 Å². The average Bonchev–Trinajstić information content (AvgIpc) is 2.54. The van der Waals surface area contributed by atoms with Crippen molar-refractivity contribution in [1.82, 2.24) is 9.21 Å². The number of likely N-dealkylation sites (N-methyl/N-ethyl adjacent to an activating group) is 1. The molecule has 1 heterocycles. The zero-order valence-electron chi connectivity index (χ0n) is 17.0. The van der Waals surface area contributed by atoms with E-state index in [9.17, 15) is 13.2 Å². The SMILES string of the molecule is CN1CCN(c2ccc(NC(=O)CCN(C(C)(C)C)S(C)(=O)=O)cc2)CC1. The smallest absolute Gasteiger partial charge is 0.225 e. The summed E-state index contributed by atoms with van der Waals surface area (Å²) >= 11 is 0. The van der Waals surface area contributed by atoms with Crippen molar-refractivity contribution in [3.8, 4) is 0 Å². The molecule has 1 saturated heterocycles. The Labute approximate surface area is 163 Å². The quantitative estimate of drug-likeness (QED) is 0.794. The van der Waals surface area contributed by atoms with Crippen LogP contribution in [0.1, 0.15) is 27.2 Å². The first-order valence-electron chi connectivity index (χ1n) is 9.28. The first-order chi connectivity index (χ1) is 12.5. The van der Waals surface area contributed by atoms with Gasteiger partial charge in [0.1, 0.15) is 0 Å². The molecule has 0 radical (unpaired) electrons. The minimum atomic E-state index is -3.37. The van der Waals surface area contributed by atoms with Crippen LogP contribution in [0.3, 0.4) is 0 Å². The number of piperazine rings is 1. The fourth-order valence-corrected chi connectivity index (χ4v) is 4.66. The Bertz CT molecular complexity index is 733. The molecular formula is C19H32N4O3S. The van der Waals surface area contributed by atoms with E-state index >= 15 is 0 Å². The van der Waals surface area contributed by atoms with Gasteiger partial charge in [-0.1, -0.05) is 0 Å². The molecule has 1 aromatic carbocycles. The van der Waals surface area contributed by atoms with Crippen molar-refractivity contribution >= 4 is 27.3 Å². The molecule has 0 aromatic heterocycles. The number of hydrogen-bond acceptors (Lipinski definition) is 5. The summed E-state index contributed by atoms with van der Waals surface area (Å²) in [4.78, 5) is 16.9. The van der Waals surface area contributed by atoms with Gasteiger partial charge in [-0.3, -0.25) is 4.79 Å². The van der Waals surface area contributed by atoms with Crippen molar-refractivity contribution in [3.05, 3.63) is 24.3 Å². The summed E-state index contributed by atoms with van der Waals surface area (Å²) in [6, 6.07) is 7.81. The maximum absolute atomic E-state index is 12.2. The Balaban J connectivity index is 1.90. The van der Waals surface area contributed by atoms with Crippen LogP contribution in [-0.2, 0) is 14.8 Å². The van der Waals surface area contributed by atoms with Crippen molar-refractivity contribution < 1.29 is 13.2 Å². The molecule has 0 bridgehead atoms. The Morgan fingerprint density at radius 1 is 1.11 bits per heavy atom.